The first-order valence-corrected chi connectivity index (χ1v) is 12.0. The van der Waals surface area contributed by atoms with Gasteiger partial charge in [0.25, 0.3) is 15.9 Å². The number of benzene rings is 1. The summed E-state index contributed by atoms with van der Waals surface area (Å²) in [4.78, 5) is 18.8. The Morgan fingerprint density at radius 2 is 2.06 bits per heavy atom. The summed E-state index contributed by atoms with van der Waals surface area (Å²) < 4.78 is 45.9. The summed E-state index contributed by atoms with van der Waals surface area (Å²) >= 11 is 0. The SMILES string of the molecule is Cc1c(C(=O)NCCCn2ccnc2)oc2c1/C(=N/NS(=O)(=O)c1ccc(F)cc1)CCC2. The topological polar surface area (TPSA) is 119 Å². The maximum Gasteiger partial charge on any atom is 0.287 e. The average Bonchev–Trinajstić information content (AvgIpc) is 3.44. The van der Waals surface area contributed by atoms with Crippen molar-refractivity contribution in [3.8, 4) is 0 Å². The second kappa shape index (κ2) is 9.57. The second-order valence-electron chi connectivity index (χ2n) is 7.73. The molecule has 0 radical (unpaired) electrons. The van der Waals surface area contributed by atoms with E-state index in [0.717, 1.165) is 25.1 Å². The molecule has 0 atom stereocenters. The Kier molecular flexibility index (Phi) is 6.59. The fraction of sp³-hybridized carbons (Fsp3) is 0.318. The van der Waals surface area contributed by atoms with Gasteiger partial charge in [0.05, 0.1) is 16.9 Å². The molecule has 174 valence electrons. The van der Waals surface area contributed by atoms with Crippen molar-refractivity contribution in [3.63, 3.8) is 0 Å². The Balaban J connectivity index is 1.46. The Morgan fingerprint density at radius 3 is 2.79 bits per heavy atom. The number of amides is 1. The van der Waals surface area contributed by atoms with E-state index in [2.05, 4.69) is 20.2 Å². The molecule has 4 rings (SSSR count). The van der Waals surface area contributed by atoms with Crippen molar-refractivity contribution in [3.05, 3.63) is 71.5 Å². The van der Waals surface area contributed by atoms with E-state index in [9.17, 15) is 17.6 Å². The number of hydrogen-bond donors (Lipinski definition) is 2. The van der Waals surface area contributed by atoms with Crippen LogP contribution in [0.4, 0.5) is 4.39 Å². The number of furan rings is 1. The van der Waals surface area contributed by atoms with Gasteiger partial charge in [-0.1, -0.05) is 0 Å². The summed E-state index contributed by atoms with van der Waals surface area (Å²) in [6.45, 7) is 2.97. The number of nitrogens with one attached hydrogen (secondary N) is 2. The van der Waals surface area contributed by atoms with Gasteiger partial charge in [-0.15, -0.1) is 0 Å². The molecule has 1 amide bonds. The average molecular weight is 474 g/mol. The van der Waals surface area contributed by atoms with Crippen molar-refractivity contribution in [2.75, 3.05) is 6.54 Å². The van der Waals surface area contributed by atoms with Crippen LogP contribution in [0.25, 0.3) is 0 Å². The zero-order valence-electron chi connectivity index (χ0n) is 18.0. The third kappa shape index (κ3) is 5.14. The third-order valence-corrected chi connectivity index (χ3v) is 6.62. The number of aromatic nitrogens is 2. The number of imidazole rings is 1. The number of nitrogens with zero attached hydrogens (tertiary/aromatic N) is 3. The summed E-state index contributed by atoms with van der Waals surface area (Å²) in [7, 11) is -3.96. The molecule has 3 aromatic rings. The molecule has 1 aromatic carbocycles. The van der Waals surface area contributed by atoms with Crippen molar-refractivity contribution < 1.29 is 22.0 Å². The molecule has 0 unspecified atom stereocenters. The Labute approximate surface area is 190 Å². The van der Waals surface area contributed by atoms with Gasteiger partial charge in [-0.3, -0.25) is 4.79 Å². The zero-order chi connectivity index (χ0) is 23.4. The van der Waals surface area contributed by atoms with Gasteiger partial charge < -0.3 is 14.3 Å². The first kappa shape index (κ1) is 22.7. The molecule has 0 saturated carbocycles. The van der Waals surface area contributed by atoms with E-state index in [1.807, 2.05) is 10.8 Å². The van der Waals surface area contributed by atoms with Crippen LogP contribution in [0.5, 0.6) is 0 Å². The van der Waals surface area contributed by atoms with Crippen molar-refractivity contribution in [2.24, 2.45) is 5.10 Å². The van der Waals surface area contributed by atoms with Gasteiger partial charge in [0, 0.05) is 43.0 Å². The molecule has 9 nitrogen and oxygen atoms in total. The van der Waals surface area contributed by atoms with Gasteiger partial charge in [-0.25, -0.2) is 9.37 Å². The minimum Gasteiger partial charge on any atom is -0.455 e. The van der Waals surface area contributed by atoms with Crippen molar-refractivity contribution in [2.45, 2.75) is 44.0 Å². The molecule has 33 heavy (non-hydrogen) atoms. The van der Waals surface area contributed by atoms with E-state index in [1.54, 1.807) is 19.4 Å². The van der Waals surface area contributed by atoms with Crippen LogP contribution in [0.3, 0.4) is 0 Å². The molecule has 2 N–H and O–H groups in total. The Morgan fingerprint density at radius 1 is 1.27 bits per heavy atom. The Hall–Kier alpha value is -3.47. The van der Waals surface area contributed by atoms with Crippen LogP contribution >= 0.6 is 0 Å². The molecule has 1 aliphatic carbocycles. The quantitative estimate of drug-likeness (QED) is 0.385. The lowest BCUT2D eigenvalue weighted by Crippen LogP contribution is -2.25. The van der Waals surface area contributed by atoms with Gasteiger partial charge in [0.2, 0.25) is 0 Å². The summed E-state index contributed by atoms with van der Waals surface area (Å²) in [5.74, 6) is -0.0295. The number of aryl methyl sites for hydroxylation is 2. The van der Waals surface area contributed by atoms with Crippen LogP contribution in [-0.4, -0.2) is 36.1 Å². The summed E-state index contributed by atoms with van der Waals surface area (Å²) in [6, 6.07) is 4.48. The number of fused-ring (bicyclic) bond motifs is 1. The predicted molar refractivity (Wildman–Crippen MR) is 119 cm³/mol. The smallest absolute Gasteiger partial charge is 0.287 e. The maximum absolute atomic E-state index is 13.1. The van der Waals surface area contributed by atoms with Crippen LogP contribution in [0.15, 0.2) is 57.4 Å². The monoisotopic (exact) mass is 473 g/mol. The third-order valence-electron chi connectivity index (χ3n) is 5.39. The van der Waals surface area contributed by atoms with Crippen LogP contribution in [0.2, 0.25) is 0 Å². The lowest BCUT2D eigenvalue weighted by molar-refractivity contribution is 0.0922. The second-order valence-corrected chi connectivity index (χ2v) is 9.39. The number of sulfonamides is 1. The number of carbonyl (C=O) groups is 1. The fourth-order valence-corrected chi connectivity index (χ4v) is 4.57. The summed E-state index contributed by atoms with van der Waals surface area (Å²) in [5, 5.41) is 6.98. The molecular formula is C22H24FN5O4S. The fourth-order valence-electron chi connectivity index (χ4n) is 3.74. The largest absolute Gasteiger partial charge is 0.455 e. The highest BCUT2D eigenvalue weighted by atomic mass is 32.2. The van der Waals surface area contributed by atoms with E-state index >= 15 is 0 Å². The minimum atomic E-state index is -3.96. The van der Waals surface area contributed by atoms with E-state index in [4.69, 9.17) is 4.42 Å². The molecule has 0 fully saturated rings. The minimum absolute atomic E-state index is 0.0936. The maximum atomic E-state index is 13.1. The predicted octanol–water partition coefficient (Wildman–Crippen LogP) is 2.76. The normalized spacial score (nSPS) is 14.8. The van der Waals surface area contributed by atoms with Gasteiger partial charge in [-0.05, 0) is 50.5 Å². The molecule has 0 spiro atoms. The molecule has 0 saturated heterocycles. The standard InChI is InChI=1S/C22H24FN5O4S/c1-15-20-18(26-27-33(30,31)17-8-6-16(23)7-9-17)4-2-5-19(20)32-21(15)22(29)25-10-3-12-28-13-11-24-14-28/h6-9,11,13-14,27H,2-5,10,12H2,1H3,(H,25,29)/b26-18+. The zero-order valence-corrected chi connectivity index (χ0v) is 18.9. The van der Waals surface area contributed by atoms with E-state index in [-0.39, 0.29) is 16.6 Å². The number of hydrazone groups is 1. The molecule has 0 bridgehead atoms. The van der Waals surface area contributed by atoms with Crippen molar-refractivity contribution >= 4 is 21.6 Å². The van der Waals surface area contributed by atoms with Gasteiger partial charge >= 0.3 is 0 Å². The first-order chi connectivity index (χ1) is 15.8. The van der Waals surface area contributed by atoms with Gasteiger partial charge in [0.1, 0.15) is 11.6 Å². The van der Waals surface area contributed by atoms with Gasteiger partial charge in [0.15, 0.2) is 5.76 Å². The van der Waals surface area contributed by atoms with E-state index in [1.165, 1.54) is 12.1 Å². The number of carbonyl (C=O) groups excluding carboxylic acids is 1. The highest BCUT2D eigenvalue weighted by Gasteiger charge is 2.28. The summed E-state index contributed by atoms with van der Waals surface area (Å²) in [5.41, 5.74) is 1.78. The Bertz CT molecular complexity index is 1260. The van der Waals surface area contributed by atoms with Crippen LogP contribution in [0, 0.1) is 12.7 Å². The van der Waals surface area contributed by atoms with Crippen LogP contribution < -0.4 is 10.1 Å². The van der Waals surface area contributed by atoms with Crippen LogP contribution in [0.1, 0.15) is 46.7 Å². The molecule has 2 aromatic heterocycles. The number of rotatable bonds is 8. The first-order valence-electron chi connectivity index (χ1n) is 10.6. The molecular weight excluding hydrogens is 449 g/mol. The summed E-state index contributed by atoms with van der Waals surface area (Å²) in [6.07, 6.45) is 7.89. The van der Waals surface area contributed by atoms with Gasteiger partial charge in [-0.2, -0.15) is 18.4 Å². The lowest BCUT2D eigenvalue weighted by Gasteiger charge is -2.14. The van der Waals surface area contributed by atoms with Crippen LogP contribution in [-0.2, 0) is 23.0 Å². The van der Waals surface area contributed by atoms with E-state index in [0.29, 0.717) is 48.4 Å². The lowest BCUT2D eigenvalue weighted by atomic mass is 9.93. The number of hydrogen-bond acceptors (Lipinski definition) is 6. The molecule has 0 aliphatic heterocycles. The highest BCUT2D eigenvalue weighted by molar-refractivity contribution is 7.89. The number of halogens is 1. The van der Waals surface area contributed by atoms with Crippen molar-refractivity contribution in [1.29, 1.82) is 0 Å². The van der Waals surface area contributed by atoms with Crippen molar-refractivity contribution in [1.82, 2.24) is 19.7 Å². The molecule has 2 heterocycles. The highest BCUT2D eigenvalue weighted by Crippen LogP contribution is 2.30. The molecule has 1 aliphatic rings. The van der Waals surface area contributed by atoms with E-state index < -0.39 is 15.8 Å². The molecule has 11 heteroatoms.